The minimum Gasteiger partial charge on any atom is -0.348 e. The maximum atomic E-state index is 5.94. The molecule has 3 heteroatoms. The van der Waals surface area contributed by atoms with Gasteiger partial charge in [-0.1, -0.05) is 11.6 Å². The minimum atomic E-state index is 0.572. The third-order valence-electron chi connectivity index (χ3n) is 2.04. The molecule has 62 valence electrons. The van der Waals surface area contributed by atoms with Gasteiger partial charge in [0.15, 0.2) is 5.15 Å². The lowest BCUT2D eigenvalue weighted by Crippen LogP contribution is -1.85. The van der Waals surface area contributed by atoms with E-state index in [1.54, 1.807) is 6.20 Å². The van der Waals surface area contributed by atoms with Gasteiger partial charge in [0.05, 0.1) is 5.52 Å². The number of hydrogen-bond acceptors (Lipinski definition) is 1. The first kappa shape index (κ1) is 7.62. The molecule has 0 saturated heterocycles. The number of pyridine rings is 1. The predicted octanol–water partition coefficient (Wildman–Crippen LogP) is 2.54. The lowest BCUT2D eigenvalue weighted by Gasteiger charge is -1.96. The van der Waals surface area contributed by atoms with Crippen LogP contribution in [0, 0.1) is 6.92 Å². The highest BCUT2D eigenvalue weighted by Gasteiger charge is 2.05. The second-order valence-electron chi connectivity index (χ2n) is 2.92. The fraction of sp³-hybridized carbons (Fsp3) is 0.222. The molecule has 0 fully saturated rings. The Balaban J connectivity index is 2.99. The minimum absolute atomic E-state index is 0.572. The number of aryl methyl sites for hydroxylation is 2. The van der Waals surface area contributed by atoms with Gasteiger partial charge in [0.1, 0.15) is 0 Å². The number of aromatic nitrogens is 2. The van der Waals surface area contributed by atoms with Gasteiger partial charge in [-0.15, -0.1) is 0 Å². The lowest BCUT2D eigenvalue weighted by molar-refractivity contribution is 0.960. The van der Waals surface area contributed by atoms with E-state index in [-0.39, 0.29) is 0 Å². The molecule has 2 aromatic heterocycles. The molecule has 12 heavy (non-hydrogen) atoms. The van der Waals surface area contributed by atoms with E-state index >= 15 is 0 Å². The van der Waals surface area contributed by atoms with Crippen LogP contribution in [-0.2, 0) is 7.05 Å². The highest BCUT2D eigenvalue weighted by molar-refractivity contribution is 6.33. The number of hydrogen-bond donors (Lipinski definition) is 0. The Morgan fingerprint density at radius 3 is 2.92 bits per heavy atom. The van der Waals surface area contributed by atoms with Crippen LogP contribution in [0.3, 0.4) is 0 Å². The number of rotatable bonds is 0. The van der Waals surface area contributed by atoms with Crippen molar-refractivity contribution in [1.82, 2.24) is 9.55 Å². The van der Waals surface area contributed by atoms with Crippen molar-refractivity contribution in [2.45, 2.75) is 6.92 Å². The van der Waals surface area contributed by atoms with E-state index in [9.17, 15) is 0 Å². The number of nitrogens with zero attached hydrogens (tertiary/aromatic N) is 2. The zero-order valence-corrected chi connectivity index (χ0v) is 7.76. The molecule has 0 aliphatic carbocycles. The van der Waals surface area contributed by atoms with Gasteiger partial charge in [-0.2, -0.15) is 0 Å². The molecule has 0 aliphatic rings. The Bertz CT molecular complexity index is 431. The first-order valence-electron chi connectivity index (χ1n) is 3.76. The van der Waals surface area contributed by atoms with E-state index in [0.717, 1.165) is 5.52 Å². The third-order valence-corrected chi connectivity index (χ3v) is 2.32. The fourth-order valence-corrected chi connectivity index (χ4v) is 1.80. The lowest BCUT2D eigenvalue weighted by atomic mass is 10.2. The molecule has 2 aromatic rings. The average molecular weight is 181 g/mol. The first-order chi connectivity index (χ1) is 5.70. The molecule has 0 unspecified atom stereocenters. The van der Waals surface area contributed by atoms with Gasteiger partial charge in [0.25, 0.3) is 0 Å². The SMILES string of the molecule is Cc1cn(C)c2c(Cl)nccc12. The summed E-state index contributed by atoms with van der Waals surface area (Å²) < 4.78 is 2.00. The quantitative estimate of drug-likeness (QED) is 0.570. The van der Waals surface area contributed by atoms with Crippen LogP contribution < -0.4 is 0 Å². The molecule has 2 rings (SSSR count). The van der Waals surface area contributed by atoms with Crippen LogP contribution in [-0.4, -0.2) is 9.55 Å². The molecule has 2 heterocycles. The van der Waals surface area contributed by atoms with E-state index < -0.39 is 0 Å². The predicted molar refractivity (Wildman–Crippen MR) is 50.5 cm³/mol. The summed E-state index contributed by atoms with van der Waals surface area (Å²) in [5, 5.41) is 1.75. The molecular formula is C9H9ClN2. The van der Waals surface area contributed by atoms with Gasteiger partial charge in [-0.25, -0.2) is 4.98 Å². The molecule has 0 amide bonds. The van der Waals surface area contributed by atoms with E-state index in [4.69, 9.17) is 11.6 Å². The number of halogens is 1. The van der Waals surface area contributed by atoms with E-state index in [2.05, 4.69) is 18.1 Å². The van der Waals surface area contributed by atoms with Gasteiger partial charge in [0, 0.05) is 24.8 Å². The molecule has 0 N–H and O–H groups in total. The van der Waals surface area contributed by atoms with Crippen LogP contribution in [0.15, 0.2) is 18.5 Å². The highest BCUT2D eigenvalue weighted by atomic mass is 35.5. The van der Waals surface area contributed by atoms with Gasteiger partial charge in [-0.05, 0) is 18.6 Å². The summed E-state index contributed by atoms with van der Waals surface area (Å²) in [6.45, 7) is 2.07. The Morgan fingerprint density at radius 2 is 2.25 bits per heavy atom. The molecule has 0 saturated carbocycles. The Hall–Kier alpha value is -1.02. The summed E-state index contributed by atoms with van der Waals surface area (Å²) in [4.78, 5) is 4.03. The first-order valence-corrected chi connectivity index (χ1v) is 4.14. The van der Waals surface area contributed by atoms with Crippen LogP contribution in [0.4, 0.5) is 0 Å². The van der Waals surface area contributed by atoms with E-state index in [1.165, 1.54) is 10.9 Å². The molecule has 0 aromatic carbocycles. The van der Waals surface area contributed by atoms with Crippen LogP contribution in [0.25, 0.3) is 10.9 Å². The molecular weight excluding hydrogens is 172 g/mol. The summed E-state index contributed by atoms with van der Waals surface area (Å²) in [5.74, 6) is 0. The molecule has 0 spiro atoms. The highest BCUT2D eigenvalue weighted by Crippen LogP contribution is 2.24. The molecule has 2 nitrogen and oxygen atoms in total. The van der Waals surface area contributed by atoms with Gasteiger partial charge in [0.2, 0.25) is 0 Å². The van der Waals surface area contributed by atoms with Crippen molar-refractivity contribution in [3.05, 3.63) is 29.2 Å². The summed E-state index contributed by atoms with van der Waals surface area (Å²) in [6, 6.07) is 1.98. The summed E-state index contributed by atoms with van der Waals surface area (Å²) in [5.41, 5.74) is 2.24. The van der Waals surface area contributed by atoms with Crippen molar-refractivity contribution < 1.29 is 0 Å². The maximum absolute atomic E-state index is 5.94. The van der Waals surface area contributed by atoms with Crippen molar-refractivity contribution in [3.8, 4) is 0 Å². The van der Waals surface area contributed by atoms with Gasteiger partial charge >= 0.3 is 0 Å². The topological polar surface area (TPSA) is 17.8 Å². The zero-order chi connectivity index (χ0) is 8.72. The van der Waals surface area contributed by atoms with Crippen molar-refractivity contribution in [3.63, 3.8) is 0 Å². The summed E-state index contributed by atoms with van der Waals surface area (Å²) in [7, 11) is 1.98. The number of fused-ring (bicyclic) bond motifs is 1. The molecule has 0 aliphatic heterocycles. The fourth-order valence-electron chi connectivity index (χ4n) is 1.51. The second-order valence-corrected chi connectivity index (χ2v) is 3.28. The van der Waals surface area contributed by atoms with Crippen LogP contribution in [0.2, 0.25) is 5.15 Å². The summed E-state index contributed by atoms with van der Waals surface area (Å²) in [6.07, 6.45) is 3.79. The van der Waals surface area contributed by atoms with Crippen LogP contribution in [0.5, 0.6) is 0 Å². The van der Waals surface area contributed by atoms with Crippen LogP contribution in [0.1, 0.15) is 5.56 Å². The van der Waals surface area contributed by atoms with E-state index in [1.807, 2.05) is 17.7 Å². The Kier molecular flexibility index (Phi) is 1.58. The third kappa shape index (κ3) is 0.916. The van der Waals surface area contributed by atoms with Gasteiger partial charge < -0.3 is 4.57 Å². The smallest absolute Gasteiger partial charge is 0.153 e. The standard InChI is InChI=1S/C9H9ClN2/c1-6-5-12(2)8-7(6)3-4-11-9(8)10/h3-5H,1-2H3. The van der Waals surface area contributed by atoms with Crippen molar-refractivity contribution in [2.75, 3.05) is 0 Å². The maximum Gasteiger partial charge on any atom is 0.153 e. The Morgan fingerprint density at radius 1 is 1.50 bits per heavy atom. The Labute approximate surface area is 75.8 Å². The van der Waals surface area contributed by atoms with Crippen molar-refractivity contribution in [2.24, 2.45) is 7.05 Å². The second kappa shape index (κ2) is 2.49. The molecule has 0 radical (unpaired) electrons. The van der Waals surface area contributed by atoms with E-state index in [0.29, 0.717) is 5.15 Å². The van der Waals surface area contributed by atoms with Gasteiger partial charge in [-0.3, -0.25) is 0 Å². The van der Waals surface area contributed by atoms with Crippen LogP contribution >= 0.6 is 11.6 Å². The largest absolute Gasteiger partial charge is 0.348 e. The normalized spacial score (nSPS) is 10.9. The monoisotopic (exact) mass is 180 g/mol. The zero-order valence-electron chi connectivity index (χ0n) is 7.00. The van der Waals surface area contributed by atoms with Crippen molar-refractivity contribution in [1.29, 1.82) is 0 Å². The van der Waals surface area contributed by atoms with Crippen molar-refractivity contribution >= 4 is 22.5 Å². The average Bonchev–Trinajstić information content (AvgIpc) is 2.29. The molecule has 0 atom stereocenters. The summed E-state index contributed by atoms with van der Waals surface area (Å²) >= 11 is 5.94. The molecule has 0 bridgehead atoms.